The second kappa shape index (κ2) is 3.57. The second-order valence-electron chi connectivity index (χ2n) is 4.79. The highest BCUT2D eigenvalue weighted by molar-refractivity contribution is 7.18. The highest BCUT2D eigenvalue weighted by Gasteiger charge is 2.24. The Bertz CT molecular complexity index is 653. The molecule has 1 atom stereocenters. The van der Waals surface area contributed by atoms with E-state index in [-0.39, 0.29) is 0 Å². The van der Waals surface area contributed by atoms with E-state index in [0.717, 1.165) is 16.6 Å². The molecule has 3 N–H and O–H groups in total. The van der Waals surface area contributed by atoms with Crippen LogP contribution in [0.25, 0.3) is 10.2 Å². The summed E-state index contributed by atoms with van der Waals surface area (Å²) in [7, 11) is 0. The molecule has 2 heterocycles. The fourth-order valence-corrected chi connectivity index (χ4v) is 4.07. The van der Waals surface area contributed by atoms with Crippen molar-refractivity contribution < 1.29 is 0 Å². The van der Waals surface area contributed by atoms with E-state index in [1.165, 1.54) is 28.0 Å². The Balaban J connectivity index is 2.46. The van der Waals surface area contributed by atoms with Crippen molar-refractivity contribution >= 4 is 21.6 Å². The quantitative estimate of drug-likeness (QED) is 0.701. The Morgan fingerprint density at radius 2 is 2.29 bits per heavy atom. The van der Waals surface area contributed by atoms with Gasteiger partial charge in [-0.1, -0.05) is 6.92 Å². The van der Waals surface area contributed by atoms with Gasteiger partial charge in [-0.2, -0.15) is 0 Å². The lowest BCUT2D eigenvalue weighted by Crippen LogP contribution is -2.30. The fraction of sp³-hybridized carbons (Fsp3) is 0.500. The monoisotopic (exact) mass is 248 g/mol. The van der Waals surface area contributed by atoms with Crippen molar-refractivity contribution in [3.8, 4) is 0 Å². The summed E-state index contributed by atoms with van der Waals surface area (Å²) in [5.41, 5.74) is 1.73. The highest BCUT2D eigenvalue weighted by Crippen LogP contribution is 2.39. The number of nitrogens with zero attached hydrogens (tertiary/aromatic N) is 2. The lowest BCUT2D eigenvalue weighted by atomic mass is 9.88. The van der Waals surface area contributed by atoms with Crippen LogP contribution in [0.3, 0.4) is 0 Å². The topological polar surface area (TPSA) is 67.7 Å². The Morgan fingerprint density at radius 1 is 1.53 bits per heavy atom. The largest absolute Gasteiger partial charge is 0.336 e. The number of hydrogen-bond acceptors (Lipinski definition) is 4. The van der Waals surface area contributed by atoms with Crippen LogP contribution in [0.2, 0.25) is 0 Å². The predicted molar refractivity (Wildman–Crippen MR) is 69.7 cm³/mol. The minimum atomic E-state index is 0.402. The van der Waals surface area contributed by atoms with Crippen molar-refractivity contribution in [3.05, 3.63) is 21.8 Å². The van der Waals surface area contributed by atoms with Crippen LogP contribution in [0.1, 0.15) is 41.9 Å². The van der Waals surface area contributed by atoms with E-state index in [4.69, 9.17) is 11.3 Å². The Labute approximate surface area is 104 Å². The Hall–Kier alpha value is -1.36. The van der Waals surface area contributed by atoms with Crippen LogP contribution in [-0.4, -0.2) is 9.66 Å². The van der Waals surface area contributed by atoms with E-state index in [1.807, 2.05) is 6.92 Å². The molecular formula is C12H16N4S. The van der Waals surface area contributed by atoms with Gasteiger partial charge in [-0.25, -0.2) is 9.66 Å². The molecule has 0 radical (unpaired) electrons. The van der Waals surface area contributed by atoms with E-state index >= 15 is 0 Å². The summed E-state index contributed by atoms with van der Waals surface area (Å²) < 4.78 is 1.39. The molecule has 2 aromatic rings. The zero-order valence-corrected chi connectivity index (χ0v) is 10.9. The molecule has 0 amide bonds. The van der Waals surface area contributed by atoms with Crippen LogP contribution >= 0.6 is 11.3 Å². The van der Waals surface area contributed by atoms with Crippen molar-refractivity contribution in [1.82, 2.24) is 9.66 Å². The first-order valence-electron chi connectivity index (χ1n) is 5.94. The molecule has 0 spiro atoms. The molecule has 0 saturated heterocycles. The third-order valence-corrected chi connectivity index (χ3v) is 4.79. The van der Waals surface area contributed by atoms with E-state index in [1.54, 1.807) is 11.3 Å². The highest BCUT2D eigenvalue weighted by atomic mass is 32.1. The van der Waals surface area contributed by atoms with Crippen LogP contribution in [0, 0.1) is 12.3 Å². The maximum atomic E-state index is 8.18. The second-order valence-corrected chi connectivity index (χ2v) is 5.87. The van der Waals surface area contributed by atoms with Crippen LogP contribution in [-0.2, 0) is 6.42 Å². The molecule has 0 saturated carbocycles. The minimum Gasteiger partial charge on any atom is -0.336 e. The molecule has 5 heteroatoms. The van der Waals surface area contributed by atoms with Gasteiger partial charge < -0.3 is 5.84 Å². The number of thiophene rings is 1. The SMILES string of the molecule is Cc1nc2sc3c(c2c(=N)n1N)[C@@H](C)CCC3. The Morgan fingerprint density at radius 3 is 3.06 bits per heavy atom. The number of aryl methyl sites for hydroxylation is 2. The molecule has 0 aromatic carbocycles. The molecule has 0 unspecified atom stereocenters. The van der Waals surface area contributed by atoms with Gasteiger partial charge in [0, 0.05) is 4.88 Å². The summed E-state index contributed by atoms with van der Waals surface area (Å²) in [4.78, 5) is 6.90. The van der Waals surface area contributed by atoms with E-state index in [9.17, 15) is 0 Å². The standard InChI is InChI=1S/C12H16N4S/c1-6-4-3-5-8-9(6)10-11(13)16(14)7(2)15-12(10)17-8/h6,13H,3-5,14H2,1-2H3/t6-/m0/s1. The zero-order chi connectivity index (χ0) is 12.2. The molecule has 1 aliphatic rings. The number of nitrogens with two attached hydrogens (primary N) is 1. The van der Waals surface area contributed by atoms with Gasteiger partial charge >= 0.3 is 0 Å². The molecule has 3 rings (SSSR count). The smallest absolute Gasteiger partial charge is 0.155 e. The van der Waals surface area contributed by atoms with Crippen LogP contribution in [0.5, 0.6) is 0 Å². The number of hydrogen-bond donors (Lipinski definition) is 2. The van der Waals surface area contributed by atoms with Gasteiger partial charge in [0.15, 0.2) is 5.49 Å². The first-order valence-corrected chi connectivity index (χ1v) is 6.76. The minimum absolute atomic E-state index is 0.402. The molecule has 4 nitrogen and oxygen atoms in total. The number of nitrogen functional groups attached to an aromatic ring is 1. The molecule has 90 valence electrons. The number of rotatable bonds is 0. The number of aromatic nitrogens is 2. The molecule has 0 fully saturated rings. The van der Waals surface area contributed by atoms with E-state index in [2.05, 4.69) is 11.9 Å². The summed E-state index contributed by atoms with van der Waals surface area (Å²) in [6.45, 7) is 4.09. The fourth-order valence-electron chi connectivity index (χ4n) is 2.69. The van der Waals surface area contributed by atoms with Gasteiger partial charge in [-0.3, -0.25) is 5.41 Å². The maximum absolute atomic E-state index is 8.18. The molecule has 0 aliphatic heterocycles. The number of nitrogens with one attached hydrogen (secondary N) is 1. The summed E-state index contributed by atoms with van der Waals surface area (Å²) >= 11 is 1.74. The first-order chi connectivity index (χ1) is 8.09. The van der Waals surface area contributed by atoms with E-state index in [0.29, 0.717) is 17.2 Å². The van der Waals surface area contributed by atoms with Gasteiger partial charge in [0.05, 0.1) is 5.39 Å². The molecule has 2 aromatic heterocycles. The van der Waals surface area contributed by atoms with Crippen molar-refractivity contribution in [1.29, 1.82) is 5.41 Å². The van der Waals surface area contributed by atoms with Crippen LogP contribution in [0.4, 0.5) is 0 Å². The summed E-state index contributed by atoms with van der Waals surface area (Å²) in [6.07, 6.45) is 3.58. The molecular weight excluding hydrogens is 232 g/mol. The van der Waals surface area contributed by atoms with Gasteiger partial charge in [-0.15, -0.1) is 11.3 Å². The summed E-state index contributed by atoms with van der Waals surface area (Å²) in [5.74, 6) is 7.09. The normalized spacial score (nSPS) is 19.5. The number of fused-ring (bicyclic) bond motifs is 3. The van der Waals surface area contributed by atoms with Crippen molar-refractivity contribution in [2.75, 3.05) is 5.84 Å². The van der Waals surface area contributed by atoms with Crippen LogP contribution < -0.4 is 11.3 Å². The Kier molecular flexibility index (Phi) is 2.26. The average molecular weight is 248 g/mol. The third-order valence-electron chi connectivity index (χ3n) is 3.63. The summed E-state index contributed by atoms with van der Waals surface area (Å²) in [6, 6.07) is 0. The van der Waals surface area contributed by atoms with Crippen molar-refractivity contribution in [2.45, 2.75) is 39.0 Å². The summed E-state index contributed by atoms with van der Waals surface area (Å²) in [5, 5.41) is 9.16. The lowest BCUT2D eigenvalue weighted by molar-refractivity contribution is 0.601. The van der Waals surface area contributed by atoms with Crippen molar-refractivity contribution in [2.24, 2.45) is 0 Å². The first kappa shape index (κ1) is 10.8. The van der Waals surface area contributed by atoms with Gasteiger partial charge in [0.1, 0.15) is 10.7 Å². The predicted octanol–water partition coefficient (Wildman–Crippen LogP) is 2.04. The molecule has 1 aliphatic carbocycles. The third kappa shape index (κ3) is 1.42. The van der Waals surface area contributed by atoms with Crippen LogP contribution in [0.15, 0.2) is 0 Å². The van der Waals surface area contributed by atoms with Crippen molar-refractivity contribution in [3.63, 3.8) is 0 Å². The lowest BCUT2D eigenvalue weighted by Gasteiger charge is -2.18. The van der Waals surface area contributed by atoms with Gasteiger partial charge in [0.2, 0.25) is 0 Å². The van der Waals surface area contributed by atoms with Gasteiger partial charge in [0.25, 0.3) is 0 Å². The maximum Gasteiger partial charge on any atom is 0.155 e. The molecule has 0 bridgehead atoms. The van der Waals surface area contributed by atoms with E-state index < -0.39 is 0 Å². The van der Waals surface area contributed by atoms with Gasteiger partial charge in [-0.05, 0) is 37.7 Å². The molecule has 17 heavy (non-hydrogen) atoms. The average Bonchev–Trinajstić information content (AvgIpc) is 2.65. The zero-order valence-electron chi connectivity index (χ0n) is 10.1.